The number of aliphatic imine (C=N–C) groups is 1. The predicted molar refractivity (Wildman–Crippen MR) is 110 cm³/mol. The Morgan fingerprint density at radius 1 is 1.30 bits per heavy atom. The molecular weight excluding hydrogens is 362 g/mol. The zero-order valence-corrected chi connectivity index (χ0v) is 17.6. The number of nitrogens with zero attached hydrogens (tertiary/aromatic N) is 2. The van der Waals surface area contributed by atoms with E-state index in [2.05, 4.69) is 48.2 Å². The number of nitrogens with one attached hydrogen (secondary N) is 2. The molecular formula is C19H33N5O2S. The second-order valence-corrected chi connectivity index (χ2v) is 9.04. The lowest BCUT2D eigenvalue weighted by Gasteiger charge is -2.22. The molecule has 0 bridgehead atoms. The number of benzene rings is 1. The van der Waals surface area contributed by atoms with Gasteiger partial charge in [0.15, 0.2) is 5.96 Å². The summed E-state index contributed by atoms with van der Waals surface area (Å²) in [7, 11) is -3.64. The second-order valence-electron chi connectivity index (χ2n) is 7.48. The fourth-order valence-corrected chi connectivity index (χ4v) is 3.77. The minimum Gasteiger partial charge on any atom is -0.357 e. The number of rotatable bonds is 7. The summed E-state index contributed by atoms with van der Waals surface area (Å²) in [6.07, 6.45) is 0.736. The van der Waals surface area contributed by atoms with Crippen LogP contribution in [0.4, 0.5) is 0 Å². The Hall–Kier alpha value is -1.64. The quantitative estimate of drug-likeness (QED) is 0.475. The summed E-state index contributed by atoms with van der Waals surface area (Å²) < 4.78 is 22.6. The van der Waals surface area contributed by atoms with Crippen LogP contribution in [-0.2, 0) is 16.4 Å². The molecule has 0 spiro atoms. The summed E-state index contributed by atoms with van der Waals surface area (Å²) in [5, 5.41) is 12.0. The van der Waals surface area contributed by atoms with Gasteiger partial charge in [-0.3, -0.25) is 9.89 Å². The molecule has 0 aliphatic carbocycles. The van der Waals surface area contributed by atoms with Gasteiger partial charge in [0.1, 0.15) is 0 Å². The molecule has 1 aromatic carbocycles. The largest absolute Gasteiger partial charge is 0.357 e. The topological polar surface area (TPSA) is 99.8 Å². The summed E-state index contributed by atoms with van der Waals surface area (Å²) in [6.45, 7) is 12.4. The molecule has 0 aromatic heterocycles. The SMILES string of the molecule is CCNC(=NCCc1ccc(S(N)(=O)=O)cc1)NC1CN(C(C)C)CC1C. The number of guanidine groups is 1. The summed E-state index contributed by atoms with van der Waals surface area (Å²) in [6, 6.07) is 7.60. The monoisotopic (exact) mass is 395 g/mol. The van der Waals surface area contributed by atoms with Crippen molar-refractivity contribution < 1.29 is 8.42 Å². The first kappa shape index (κ1) is 21.7. The van der Waals surface area contributed by atoms with Crippen LogP contribution in [0, 0.1) is 5.92 Å². The normalized spacial score (nSPS) is 21.6. The van der Waals surface area contributed by atoms with E-state index in [0.29, 0.717) is 24.5 Å². The van der Waals surface area contributed by atoms with Crippen LogP contribution in [0.5, 0.6) is 0 Å². The number of likely N-dealkylation sites (tertiary alicyclic amines) is 1. The second kappa shape index (κ2) is 9.52. The van der Waals surface area contributed by atoms with Gasteiger partial charge in [-0.1, -0.05) is 19.1 Å². The number of hydrogen-bond acceptors (Lipinski definition) is 4. The van der Waals surface area contributed by atoms with E-state index >= 15 is 0 Å². The van der Waals surface area contributed by atoms with Crippen LogP contribution in [0.3, 0.4) is 0 Å². The van der Waals surface area contributed by atoms with Gasteiger partial charge in [-0.2, -0.15) is 0 Å². The maximum atomic E-state index is 11.3. The molecule has 1 aliphatic heterocycles. The van der Waals surface area contributed by atoms with Gasteiger partial charge in [0.2, 0.25) is 10.0 Å². The van der Waals surface area contributed by atoms with E-state index in [1.165, 1.54) is 0 Å². The van der Waals surface area contributed by atoms with Crippen LogP contribution in [0.15, 0.2) is 34.2 Å². The molecule has 2 rings (SSSR count). The maximum Gasteiger partial charge on any atom is 0.238 e. The Labute approximate surface area is 163 Å². The Kier molecular flexibility index (Phi) is 7.64. The molecule has 1 saturated heterocycles. The molecule has 8 heteroatoms. The molecule has 2 unspecified atom stereocenters. The third-order valence-corrected chi connectivity index (χ3v) is 5.89. The van der Waals surface area contributed by atoms with Gasteiger partial charge < -0.3 is 10.6 Å². The Balaban J connectivity index is 1.93. The first-order valence-electron chi connectivity index (χ1n) is 9.61. The molecule has 152 valence electrons. The van der Waals surface area contributed by atoms with E-state index in [9.17, 15) is 8.42 Å². The Morgan fingerprint density at radius 3 is 2.48 bits per heavy atom. The zero-order valence-electron chi connectivity index (χ0n) is 16.8. The summed E-state index contributed by atoms with van der Waals surface area (Å²) in [5.41, 5.74) is 1.03. The van der Waals surface area contributed by atoms with Crippen molar-refractivity contribution >= 4 is 16.0 Å². The summed E-state index contributed by atoms with van der Waals surface area (Å²) >= 11 is 0. The van der Waals surface area contributed by atoms with Crippen LogP contribution in [0.1, 0.15) is 33.3 Å². The average Bonchev–Trinajstić information content (AvgIpc) is 2.96. The minimum atomic E-state index is -3.64. The van der Waals surface area contributed by atoms with Crippen LogP contribution in [0.2, 0.25) is 0 Å². The highest BCUT2D eigenvalue weighted by Crippen LogP contribution is 2.18. The maximum absolute atomic E-state index is 11.3. The summed E-state index contributed by atoms with van der Waals surface area (Å²) in [4.78, 5) is 7.30. The molecule has 1 fully saturated rings. The fourth-order valence-electron chi connectivity index (χ4n) is 3.25. The lowest BCUT2D eigenvalue weighted by molar-refractivity contribution is 0.265. The third kappa shape index (κ3) is 6.48. The van der Waals surface area contributed by atoms with Gasteiger partial charge in [0.25, 0.3) is 0 Å². The molecule has 7 nitrogen and oxygen atoms in total. The van der Waals surface area contributed by atoms with Gasteiger partial charge in [-0.25, -0.2) is 13.6 Å². The van der Waals surface area contributed by atoms with Gasteiger partial charge in [0.05, 0.1) is 4.90 Å². The summed E-state index contributed by atoms with van der Waals surface area (Å²) in [5.74, 6) is 1.41. The number of nitrogens with two attached hydrogens (primary N) is 1. The smallest absolute Gasteiger partial charge is 0.238 e. The van der Waals surface area contributed by atoms with Crippen molar-refractivity contribution in [3.8, 4) is 0 Å². The first-order chi connectivity index (χ1) is 12.7. The standard InChI is InChI=1S/C19H33N5O2S/c1-5-21-19(23-18-13-24(14(2)3)12-15(18)4)22-11-10-16-6-8-17(9-7-16)27(20,25)26/h6-9,14-15,18H,5,10-13H2,1-4H3,(H2,20,25,26)(H2,21,22,23). The molecule has 0 radical (unpaired) electrons. The lowest BCUT2D eigenvalue weighted by Crippen LogP contribution is -2.46. The molecule has 1 aromatic rings. The molecule has 0 amide bonds. The fraction of sp³-hybridized carbons (Fsp3) is 0.632. The van der Waals surface area contributed by atoms with Crippen LogP contribution < -0.4 is 15.8 Å². The van der Waals surface area contributed by atoms with Crippen molar-refractivity contribution in [2.75, 3.05) is 26.2 Å². The molecule has 27 heavy (non-hydrogen) atoms. The number of sulfonamides is 1. The van der Waals surface area contributed by atoms with Gasteiger partial charge >= 0.3 is 0 Å². The van der Waals surface area contributed by atoms with E-state index in [0.717, 1.165) is 37.6 Å². The van der Waals surface area contributed by atoms with E-state index in [1.807, 2.05) is 0 Å². The van der Waals surface area contributed by atoms with E-state index in [-0.39, 0.29) is 4.90 Å². The molecule has 1 aliphatic rings. The van der Waals surface area contributed by atoms with Crippen molar-refractivity contribution in [3.63, 3.8) is 0 Å². The Morgan fingerprint density at radius 2 is 1.96 bits per heavy atom. The van der Waals surface area contributed by atoms with Gasteiger partial charge in [-0.05, 0) is 50.8 Å². The van der Waals surface area contributed by atoms with Crippen molar-refractivity contribution in [2.24, 2.45) is 16.0 Å². The van der Waals surface area contributed by atoms with Gasteiger partial charge in [-0.15, -0.1) is 0 Å². The minimum absolute atomic E-state index is 0.134. The van der Waals surface area contributed by atoms with Crippen LogP contribution in [0.25, 0.3) is 0 Å². The highest BCUT2D eigenvalue weighted by Gasteiger charge is 2.31. The van der Waals surface area contributed by atoms with Crippen LogP contribution >= 0.6 is 0 Å². The zero-order chi connectivity index (χ0) is 20.0. The van der Waals surface area contributed by atoms with Crippen LogP contribution in [-0.4, -0.2) is 57.5 Å². The van der Waals surface area contributed by atoms with E-state index in [4.69, 9.17) is 5.14 Å². The average molecular weight is 396 g/mol. The van der Waals surface area contributed by atoms with E-state index in [1.54, 1.807) is 24.3 Å². The molecule has 1 heterocycles. The molecule has 0 saturated carbocycles. The molecule has 2 atom stereocenters. The predicted octanol–water partition coefficient (Wildman–Crippen LogP) is 1.16. The van der Waals surface area contributed by atoms with Crippen molar-refractivity contribution in [2.45, 2.75) is 51.1 Å². The first-order valence-corrected chi connectivity index (χ1v) is 11.2. The lowest BCUT2D eigenvalue weighted by atomic mass is 10.1. The highest BCUT2D eigenvalue weighted by molar-refractivity contribution is 7.89. The number of hydrogen-bond donors (Lipinski definition) is 3. The van der Waals surface area contributed by atoms with Crippen molar-refractivity contribution in [3.05, 3.63) is 29.8 Å². The van der Waals surface area contributed by atoms with Gasteiger partial charge in [0, 0.05) is 38.3 Å². The number of primary sulfonamides is 1. The highest BCUT2D eigenvalue weighted by atomic mass is 32.2. The molecule has 4 N–H and O–H groups in total. The van der Waals surface area contributed by atoms with Crippen molar-refractivity contribution in [1.82, 2.24) is 15.5 Å². The van der Waals surface area contributed by atoms with E-state index < -0.39 is 10.0 Å². The third-order valence-electron chi connectivity index (χ3n) is 4.96. The Bertz CT molecular complexity index is 731. The van der Waals surface area contributed by atoms with Crippen molar-refractivity contribution in [1.29, 1.82) is 0 Å².